The highest BCUT2D eigenvalue weighted by atomic mass is 79.9. The van der Waals surface area contributed by atoms with Crippen LogP contribution in [0.4, 0.5) is 10.5 Å². The number of nitrogens with one attached hydrogen (secondary N) is 1. The van der Waals surface area contributed by atoms with Crippen LogP contribution in [0.25, 0.3) is 0 Å². The number of benzene rings is 1. The van der Waals surface area contributed by atoms with Gasteiger partial charge in [0.15, 0.2) is 0 Å². The zero-order valence-electron chi connectivity index (χ0n) is 9.28. The third kappa shape index (κ3) is 1.65. The Kier molecular flexibility index (Phi) is 2.60. The lowest BCUT2D eigenvalue weighted by molar-refractivity contribution is 0.174. The quantitative estimate of drug-likeness (QED) is 0.863. The molecule has 1 atom stereocenters. The number of hydrogen-bond donors (Lipinski definition) is 1. The summed E-state index contributed by atoms with van der Waals surface area (Å²) in [5, 5.41) is 3.31. The average Bonchev–Trinajstić information content (AvgIpc) is 2.90. The molecular weight excluding hydrogens is 284 g/mol. The van der Waals surface area contributed by atoms with E-state index in [1.807, 2.05) is 24.3 Å². The second-order valence-corrected chi connectivity index (χ2v) is 5.35. The molecule has 2 fully saturated rings. The largest absolute Gasteiger partial charge is 0.447 e. The number of nitrogens with zero attached hydrogens (tertiary/aromatic N) is 1. The van der Waals surface area contributed by atoms with Crippen LogP contribution in [0.3, 0.4) is 0 Å². The van der Waals surface area contributed by atoms with Gasteiger partial charge in [0.2, 0.25) is 0 Å². The lowest BCUT2D eigenvalue weighted by atomic mass is 9.98. The normalized spacial score (nSPS) is 27.8. The van der Waals surface area contributed by atoms with Crippen LogP contribution in [0.5, 0.6) is 0 Å². The molecule has 1 amide bonds. The molecule has 2 saturated heterocycles. The highest BCUT2D eigenvalue weighted by Gasteiger charge is 2.50. The van der Waals surface area contributed by atoms with Gasteiger partial charge in [-0.2, -0.15) is 0 Å². The number of carbonyl (C=O) groups excluding carboxylic acids is 1. The highest BCUT2D eigenvalue weighted by molar-refractivity contribution is 9.10. The third-order valence-corrected chi connectivity index (χ3v) is 4.11. The fourth-order valence-electron chi connectivity index (χ4n) is 2.55. The van der Waals surface area contributed by atoms with E-state index < -0.39 is 0 Å². The molecule has 4 nitrogen and oxygen atoms in total. The molecule has 1 aromatic rings. The van der Waals surface area contributed by atoms with Gasteiger partial charge in [-0.3, -0.25) is 4.90 Å². The summed E-state index contributed by atoms with van der Waals surface area (Å²) >= 11 is 3.49. The minimum absolute atomic E-state index is 0.207. The summed E-state index contributed by atoms with van der Waals surface area (Å²) in [5.74, 6) is 0. The Morgan fingerprint density at radius 2 is 2.24 bits per heavy atom. The van der Waals surface area contributed by atoms with Crippen LogP contribution in [0.2, 0.25) is 0 Å². The molecule has 0 aliphatic carbocycles. The highest BCUT2D eigenvalue weighted by Crippen LogP contribution is 2.38. The fraction of sp³-hybridized carbons (Fsp3) is 0.417. The van der Waals surface area contributed by atoms with E-state index in [1.54, 1.807) is 4.90 Å². The Morgan fingerprint density at radius 3 is 2.94 bits per heavy atom. The SMILES string of the molecule is O=C1OCC2(CCNC2)N1c1ccccc1Br. The van der Waals surface area contributed by atoms with Gasteiger partial charge in [0.25, 0.3) is 0 Å². The molecule has 0 bridgehead atoms. The van der Waals surface area contributed by atoms with E-state index in [9.17, 15) is 4.79 Å². The van der Waals surface area contributed by atoms with Crippen molar-refractivity contribution in [2.24, 2.45) is 0 Å². The molecule has 1 N–H and O–H groups in total. The molecular formula is C12H13BrN2O2. The molecule has 5 heteroatoms. The van der Waals surface area contributed by atoms with Crippen molar-refractivity contribution in [3.8, 4) is 0 Å². The van der Waals surface area contributed by atoms with Gasteiger partial charge in [-0.15, -0.1) is 0 Å². The first kappa shape index (κ1) is 11.0. The van der Waals surface area contributed by atoms with Crippen molar-refractivity contribution < 1.29 is 9.53 Å². The number of ether oxygens (including phenoxy) is 1. The molecule has 0 radical (unpaired) electrons. The van der Waals surface area contributed by atoms with Crippen molar-refractivity contribution in [3.05, 3.63) is 28.7 Å². The summed E-state index contributed by atoms with van der Waals surface area (Å²) in [6.45, 7) is 2.19. The zero-order chi connectivity index (χ0) is 11.9. The predicted octanol–water partition coefficient (Wildman–Crippen LogP) is 2.14. The van der Waals surface area contributed by atoms with E-state index in [0.29, 0.717) is 6.61 Å². The Morgan fingerprint density at radius 1 is 1.41 bits per heavy atom. The Bertz CT molecular complexity index is 458. The molecule has 0 aromatic heterocycles. The molecule has 2 heterocycles. The number of amides is 1. The number of cyclic esters (lactones) is 1. The molecule has 3 rings (SSSR count). The molecule has 0 saturated carbocycles. The number of rotatable bonds is 1. The monoisotopic (exact) mass is 296 g/mol. The topological polar surface area (TPSA) is 41.6 Å². The van der Waals surface area contributed by atoms with E-state index in [-0.39, 0.29) is 11.6 Å². The molecule has 1 unspecified atom stereocenters. The summed E-state index contributed by atoms with van der Waals surface area (Å²) in [5.41, 5.74) is 0.680. The second kappa shape index (κ2) is 3.99. The third-order valence-electron chi connectivity index (χ3n) is 3.44. The van der Waals surface area contributed by atoms with Crippen LogP contribution in [0, 0.1) is 0 Å². The van der Waals surface area contributed by atoms with Crippen LogP contribution in [0.1, 0.15) is 6.42 Å². The predicted molar refractivity (Wildman–Crippen MR) is 68.2 cm³/mol. The fourth-order valence-corrected chi connectivity index (χ4v) is 3.01. The Balaban J connectivity index is 2.05. The second-order valence-electron chi connectivity index (χ2n) is 4.49. The molecule has 2 aliphatic rings. The standard InChI is InChI=1S/C12H13BrN2O2/c13-9-3-1-2-4-10(9)15-11(16)17-8-12(15)5-6-14-7-12/h1-4,14H,5-8H2. The van der Waals surface area contributed by atoms with Crippen molar-refractivity contribution in [2.45, 2.75) is 12.0 Å². The number of carbonyl (C=O) groups is 1. The summed E-state index contributed by atoms with van der Waals surface area (Å²) in [7, 11) is 0. The van der Waals surface area contributed by atoms with Gasteiger partial charge in [-0.05, 0) is 41.0 Å². The van der Waals surface area contributed by atoms with Crippen molar-refractivity contribution >= 4 is 27.7 Å². The van der Waals surface area contributed by atoms with Gasteiger partial charge < -0.3 is 10.1 Å². The average molecular weight is 297 g/mol. The number of halogens is 1. The van der Waals surface area contributed by atoms with Gasteiger partial charge in [0.1, 0.15) is 6.61 Å². The number of hydrogen-bond acceptors (Lipinski definition) is 3. The maximum atomic E-state index is 11.9. The van der Waals surface area contributed by atoms with Gasteiger partial charge >= 0.3 is 6.09 Å². The van der Waals surface area contributed by atoms with Crippen LogP contribution in [-0.4, -0.2) is 31.3 Å². The van der Waals surface area contributed by atoms with Crippen LogP contribution < -0.4 is 10.2 Å². The summed E-state index contributed by atoms with van der Waals surface area (Å²) < 4.78 is 6.16. The van der Waals surface area contributed by atoms with Crippen molar-refractivity contribution in [1.29, 1.82) is 0 Å². The van der Waals surface area contributed by atoms with Gasteiger partial charge in [0.05, 0.1) is 11.2 Å². The molecule has 17 heavy (non-hydrogen) atoms. The molecule has 1 spiro atoms. The molecule has 1 aromatic carbocycles. The smallest absolute Gasteiger partial charge is 0.415 e. The Hall–Kier alpha value is -1.07. The van der Waals surface area contributed by atoms with Crippen molar-refractivity contribution in [2.75, 3.05) is 24.6 Å². The van der Waals surface area contributed by atoms with Crippen molar-refractivity contribution in [1.82, 2.24) is 5.32 Å². The van der Waals surface area contributed by atoms with E-state index in [1.165, 1.54) is 0 Å². The van der Waals surface area contributed by atoms with Crippen LogP contribution in [-0.2, 0) is 4.74 Å². The van der Waals surface area contributed by atoms with E-state index >= 15 is 0 Å². The van der Waals surface area contributed by atoms with E-state index in [4.69, 9.17) is 4.74 Å². The summed E-state index contributed by atoms with van der Waals surface area (Å²) in [6, 6.07) is 7.75. The first-order valence-corrected chi connectivity index (χ1v) is 6.44. The van der Waals surface area contributed by atoms with Crippen molar-refractivity contribution in [3.63, 3.8) is 0 Å². The van der Waals surface area contributed by atoms with Gasteiger partial charge in [-0.1, -0.05) is 12.1 Å². The lowest BCUT2D eigenvalue weighted by Gasteiger charge is -2.31. The van der Waals surface area contributed by atoms with Gasteiger partial charge in [0, 0.05) is 11.0 Å². The minimum atomic E-state index is -0.249. The molecule has 2 aliphatic heterocycles. The zero-order valence-corrected chi connectivity index (χ0v) is 10.9. The first-order chi connectivity index (χ1) is 8.23. The van der Waals surface area contributed by atoms with Crippen LogP contribution >= 0.6 is 15.9 Å². The summed E-state index contributed by atoms with van der Waals surface area (Å²) in [4.78, 5) is 13.7. The number of para-hydroxylation sites is 1. The first-order valence-electron chi connectivity index (χ1n) is 5.65. The van der Waals surface area contributed by atoms with Crippen LogP contribution in [0.15, 0.2) is 28.7 Å². The minimum Gasteiger partial charge on any atom is -0.447 e. The van der Waals surface area contributed by atoms with E-state index in [2.05, 4.69) is 21.2 Å². The maximum Gasteiger partial charge on any atom is 0.415 e. The Labute approximate surface area is 108 Å². The maximum absolute atomic E-state index is 11.9. The van der Waals surface area contributed by atoms with E-state index in [0.717, 1.165) is 29.7 Å². The van der Waals surface area contributed by atoms with Gasteiger partial charge in [-0.25, -0.2) is 4.79 Å². The molecule has 90 valence electrons. The summed E-state index contributed by atoms with van der Waals surface area (Å²) in [6.07, 6.45) is 0.681. The lowest BCUT2D eigenvalue weighted by Crippen LogP contribution is -2.49. The number of anilines is 1.